The Hall–Kier alpha value is -1.35. The van der Waals surface area contributed by atoms with E-state index in [1.807, 2.05) is 44.2 Å². The third-order valence-corrected chi connectivity index (χ3v) is 3.42. The minimum atomic E-state index is -1.20. The van der Waals surface area contributed by atoms with E-state index >= 15 is 0 Å². The summed E-state index contributed by atoms with van der Waals surface area (Å²) in [4.78, 5) is 11.9. The molecule has 0 aromatic heterocycles. The van der Waals surface area contributed by atoms with Crippen molar-refractivity contribution in [3.63, 3.8) is 0 Å². The van der Waals surface area contributed by atoms with Crippen LogP contribution < -0.4 is 0 Å². The fourth-order valence-electron chi connectivity index (χ4n) is 2.24. The van der Waals surface area contributed by atoms with Crippen molar-refractivity contribution in [3.8, 4) is 0 Å². The first-order chi connectivity index (χ1) is 8.44. The molecule has 0 unspecified atom stereocenters. The number of rotatable bonds is 5. The molecule has 0 spiro atoms. The minimum Gasteiger partial charge on any atom is -0.466 e. The van der Waals surface area contributed by atoms with Gasteiger partial charge >= 0.3 is 5.97 Å². The van der Waals surface area contributed by atoms with Gasteiger partial charge in [0.2, 0.25) is 0 Å². The van der Waals surface area contributed by atoms with Gasteiger partial charge in [-0.3, -0.25) is 4.79 Å². The number of hydrogen-bond acceptors (Lipinski definition) is 3. The molecule has 0 bridgehead atoms. The van der Waals surface area contributed by atoms with Gasteiger partial charge in [0.05, 0.1) is 12.5 Å². The van der Waals surface area contributed by atoms with Crippen molar-refractivity contribution in [2.45, 2.75) is 33.3 Å². The van der Waals surface area contributed by atoms with Gasteiger partial charge in [-0.25, -0.2) is 0 Å². The van der Waals surface area contributed by atoms with Crippen molar-refractivity contribution in [2.24, 2.45) is 11.8 Å². The predicted molar refractivity (Wildman–Crippen MR) is 71.0 cm³/mol. The van der Waals surface area contributed by atoms with E-state index in [4.69, 9.17) is 4.74 Å². The average Bonchev–Trinajstić information content (AvgIpc) is 2.38. The zero-order chi connectivity index (χ0) is 13.8. The highest BCUT2D eigenvalue weighted by atomic mass is 16.5. The maximum Gasteiger partial charge on any atom is 0.311 e. The van der Waals surface area contributed by atoms with Gasteiger partial charge in [-0.1, -0.05) is 44.2 Å². The maximum absolute atomic E-state index is 11.9. The van der Waals surface area contributed by atoms with Crippen LogP contribution in [0.15, 0.2) is 30.3 Å². The molecule has 1 rings (SSSR count). The molecule has 0 aliphatic rings. The maximum atomic E-state index is 11.9. The van der Waals surface area contributed by atoms with Gasteiger partial charge in [0.1, 0.15) is 5.60 Å². The molecule has 2 atom stereocenters. The molecule has 0 aliphatic carbocycles. The Morgan fingerprint density at radius 1 is 1.28 bits per heavy atom. The first-order valence-corrected chi connectivity index (χ1v) is 6.39. The molecule has 1 aromatic rings. The van der Waals surface area contributed by atoms with Crippen LogP contribution >= 0.6 is 0 Å². The highest BCUT2D eigenvalue weighted by Gasteiger charge is 2.43. The van der Waals surface area contributed by atoms with Crippen LogP contribution in [0, 0.1) is 11.8 Å². The molecule has 0 radical (unpaired) electrons. The van der Waals surface area contributed by atoms with Crippen LogP contribution in [0.25, 0.3) is 0 Å². The molecular formula is C15H22O3. The topological polar surface area (TPSA) is 46.5 Å². The molecule has 0 aliphatic heterocycles. The molecule has 18 heavy (non-hydrogen) atoms. The number of hydrogen-bond donors (Lipinski definition) is 1. The standard InChI is InChI=1S/C15H22O3/c1-5-18-14(16)12(4)15(17,11(2)3)13-9-7-6-8-10-13/h6-12,17H,5H2,1-4H3/t12-,15+/m1/s1. The number of carbonyl (C=O) groups is 1. The lowest BCUT2D eigenvalue weighted by Gasteiger charge is -2.37. The molecule has 0 saturated heterocycles. The molecule has 0 amide bonds. The highest BCUT2D eigenvalue weighted by Crippen LogP contribution is 2.37. The second-order valence-electron chi connectivity index (χ2n) is 4.82. The van der Waals surface area contributed by atoms with Crippen molar-refractivity contribution in [1.29, 1.82) is 0 Å². The Labute approximate surface area is 109 Å². The Morgan fingerprint density at radius 2 is 1.83 bits per heavy atom. The first-order valence-electron chi connectivity index (χ1n) is 6.39. The van der Waals surface area contributed by atoms with Gasteiger partial charge in [0, 0.05) is 0 Å². The first kappa shape index (κ1) is 14.7. The lowest BCUT2D eigenvalue weighted by molar-refractivity contribution is -0.162. The van der Waals surface area contributed by atoms with Crippen molar-refractivity contribution in [1.82, 2.24) is 0 Å². The summed E-state index contributed by atoms with van der Waals surface area (Å²) in [6, 6.07) is 9.30. The van der Waals surface area contributed by atoms with Gasteiger partial charge in [-0.2, -0.15) is 0 Å². The van der Waals surface area contributed by atoms with Gasteiger partial charge < -0.3 is 9.84 Å². The quantitative estimate of drug-likeness (QED) is 0.817. The fourth-order valence-corrected chi connectivity index (χ4v) is 2.24. The van der Waals surface area contributed by atoms with E-state index in [0.717, 1.165) is 5.56 Å². The van der Waals surface area contributed by atoms with Crippen LogP contribution in [-0.2, 0) is 15.1 Å². The molecule has 1 N–H and O–H groups in total. The normalized spacial score (nSPS) is 16.1. The van der Waals surface area contributed by atoms with Crippen molar-refractivity contribution >= 4 is 5.97 Å². The molecule has 0 saturated carbocycles. The van der Waals surface area contributed by atoms with E-state index in [0.29, 0.717) is 6.61 Å². The van der Waals surface area contributed by atoms with E-state index < -0.39 is 11.5 Å². The Balaban J connectivity index is 3.12. The van der Waals surface area contributed by atoms with Crippen LogP contribution in [0.2, 0.25) is 0 Å². The number of ether oxygens (including phenoxy) is 1. The molecule has 3 heteroatoms. The molecular weight excluding hydrogens is 228 g/mol. The summed E-state index contributed by atoms with van der Waals surface area (Å²) in [5, 5.41) is 10.9. The Bertz CT molecular complexity index is 386. The van der Waals surface area contributed by atoms with E-state index in [-0.39, 0.29) is 11.9 Å². The van der Waals surface area contributed by atoms with Gasteiger partial charge in [-0.15, -0.1) is 0 Å². The smallest absolute Gasteiger partial charge is 0.311 e. The second-order valence-corrected chi connectivity index (χ2v) is 4.82. The number of benzene rings is 1. The second kappa shape index (κ2) is 6.01. The van der Waals surface area contributed by atoms with Crippen LogP contribution in [0.1, 0.15) is 33.3 Å². The van der Waals surface area contributed by atoms with E-state index in [1.54, 1.807) is 13.8 Å². The lowest BCUT2D eigenvalue weighted by Crippen LogP contribution is -2.43. The van der Waals surface area contributed by atoms with Crippen LogP contribution in [0.5, 0.6) is 0 Å². The van der Waals surface area contributed by atoms with Crippen LogP contribution in [0.4, 0.5) is 0 Å². The highest BCUT2D eigenvalue weighted by molar-refractivity contribution is 5.74. The largest absolute Gasteiger partial charge is 0.466 e. The van der Waals surface area contributed by atoms with Crippen molar-refractivity contribution in [2.75, 3.05) is 6.61 Å². The SMILES string of the molecule is CCOC(=O)[C@@H](C)[C@](O)(c1ccccc1)C(C)C. The van der Waals surface area contributed by atoms with E-state index in [9.17, 15) is 9.90 Å². The van der Waals surface area contributed by atoms with Crippen molar-refractivity contribution < 1.29 is 14.6 Å². The zero-order valence-electron chi connectivity index (χ0n) is 11.5. The molecule has 100 valence electrons. The fraction of sp³-hybridized carbons (Fsp3) is 0.533. The van der Waals surface area contributed by atoms with Gasteiger partial charge in [-0.05, 0) is 25.3 Å². The minimum absolute atomic E-state index is 0.0840. The third-order valence-electron chi connectivity index (χ3n) is 3.42. The predicted octanol–water partition coefficient (Wildman–Crippen LogP) is 2.73. The number of aliphatic hydroxyl groups is 1. The molecule has 3 nitrogen and oxygen atoms in total. The Kier molecular flexibility index (Phi) is 4.91. The average molecular weight is 250 g/mol. The van der Waals surface area contributed by atoms with Gasteiger partial charge in [0.15, 0.2) is 0 Å². The van der Waals surface area contributed by atoms with Gasteiger partial charge in [0.25, 0.3) is 0 Å². The summed E-state index contributed by atoms with van der Waals surface area (Å²) < 4.78 is 5.02. The summed E-state index contributed by atoms with van der Waals surface area (Å²) in [6.45, 7) is 7.62. The summed E-state index contributed by atoms with van der Waals surface area (Å²) in [7, 11) is 0. The van der Waals surface area contributed by atoms with Crippen LogP contribution in [-0.4, -0.2) is 17.7 Å². The number of carbonyl (C=O) groups excluding carboxylic acids is 1. The van der Waals surface area contributed by atoms with E-state index in [2.05, 4.69) is 0 Å². The summed E-state index contributed by atoms with van der Waals surface area (Å²) >= 11 is 0. The summed E-state index contributed by atoms with van der Waals surface area (Å²) in [5.41, 5.74) is -0.450. The number of esters is 1. The molecule has 1 aromatic carbocycles. The van der Waals surface area contributed by atoms with E-state index in [1.165, 1.54) is 0 Å². The zero-order valence-corrected chi connectivity index (χ0v) is 11.5. The summed E-state index contributed by atoms with van der Waals surface area (Å²) in [6.07, 6.45) is 0. The third kappa shape index (κ3) is 2.72. The monoisotopic (exact) mass is 250 g/mol. The summed E-state index contributed by atoms with van der Waals surface area (Å²) in [5.74, 6) is -1.04. The molecule has 0 heterocycles. The van der Waals surface area contributed by atoms with Crippen LogP contribution in [0.3, 0.4) is 0 Å². The lowest BCUT2D eigenvalue weighted by atomic mass is 9.74. The molecule has 0 fully saturated rings. The Morgan fingerprint density at radius 3 is 2.28 bits per heavy atom. The van der Waals surface area contributed by atoms with Crippen molar-refractivity contribution in [3.05, 3.63) is 35.9 Å².